The molecule has 0 aliphatic heterocycles. The predicted molar refractivity (Wildman–Crippen MR) is 106 cm³/mol. The van der Waals surface area contributed by atoms with Crippen LogP contribution in [0.1, 0.15) is 4.88 Å². The van der Waals surface area contributed by atoms with Gasteiger partial charge in [0.15, 0.2) is 17.4 Å². The van der Waals surface area contributed by atoms with Crippen molar-refractivity contribution >= 4 is 45.7 Å². The molecule has 0 spiro atoms. The lowest BCUT2D eigenvalue weighted by Gasteiger charge is -2.10. The van der Waals surface area contributed by atoms with E-state index in [0.717, 1.165) is 0 Å². The van der Waals surface area contributed by atoms with E-state index < -0.39 is 6.61 Å². The molecule has 0 radical (unpaired) electrons. The molecule has 0 aliphatic rings. The molecule has 3 aromatic rings. The van der Waals surface area contributed by atoms with Gasteiger partial charge in [-0.1, -0.05) is 24.4 Å². The van der Waals surface area contributed by atoms with E-state index in [-0.39, 0.29) is 16.5 Å². The molecular weight excluding hydrogens is 390 g/mol. The largest absolute Gasteiger partial charge is 0.501 e. The lowest BCUT2D eigenvalue weighted by molar-refractivity contribution is -0.575. The van der Waals surface area contributed by atoms with Crippen molar-refractivity contribution in [2.45, 2.75) is 6.61 Å². The van der Waals surface area contributed by atoms with Gasteiger partial charge in [0.25, 0.3) is 5.70 Å². The summed E-state index contributed by atoms with van der Waals surface area (Å²) >= 11 is 6.89. The van der Waals surface area contributed by atoms with Crippen LogP contribution in [0, 0.1) is 0 Å². The van der Waals surface area contributed by atoms with E-state index in [2.05, 4.69) is 10.1 Å². The molecule has 138 valence electrons. The first-order valence-corrected chi connectivity index (χ1v) is 9.13. The fourth-order valence-corrected chi connectivity index (χ4v) is 3.32. The van der Waals surface area contributed by atoms with Crippen molar-refractivity contribution < 1.29 is 23.2 Å². The van der Waals surface area contributed by atoms with Crippen LogP contribution in [-0.2, 0) is 0 Å². The molecular formula is C19H15F2N2O2S2+. The summed E-state index contributed by atoms with van der Waals surface area (Å²) < 4.78 is 30.5. The van der Waals surface area contributed by atoms with Crippen molar-refractivity contribution in [3.8, 4) is 5.75 Å². The first-order chi connectivity index (χ1) is 13.0. The van der Waals surface area contributed by atoms with Crippen LogP contribution in [0.4, 0.5) is 14.5 Å². The molecule has 3 rings (SSSR count). The minimum atomic E-state index is -2.88. The minimum Gasteiger partial charge on any atom is -0.501 e. The van der Waals surface area contributed by atoms with Crippen LogP contribution >= 0.6 is 23.6 Å². The summed E-state index contributed by atoms with van der Waals surface area (Å²) in [5, 5.41) is 15.6. The third-order valence-corrected chi connectivity index (χ3v) is 4.68. The number of thiophene rings is 1. The van der Waals surface area contributed by atoms with E-state index in [1.807, 2.05) is 29.6 Å². The number of ether oxygens (including phenoxy) is 1. The summed E-state index contributed by atoms with van der Waals surface area (Å²) in [6, 6.07) is 15.1. The third-order valence-electron chi connectivity index (χ3n) is 3.51. The van der Waals surface area contributed by atoms with E-state index in [4.69, 9.17) is 12.2 Å². The summed E-state index contributed by atoms with van der Waals surface area (Å²) in [4.78, 5) is 0.950. The quantitative estimate of drug-likeness (QED) is 0.263. The Labute approximate surface area is 164 Å². The number of pyridine rings is 1. The zero-order valence-electron chi connectivity index (χ0n) is 13.9. The fourth-order valence-electron chi connectivity index (χ4n) is 2.33. The molecule has 0 unspecified atom stereocenters. The average Bonchev–Trinajstić information content (AvgIpc) is 3.19. The second-order valence-corrected chi connectivity index (χ2v) is 6.67. The van der Waals surface area contributed by atoms with Gasteiger partial charge in [-0.25, -0.2) is 0 Å². The molecule has 4 nitrogen and oxygen atoms in total. The van der Waals surface area contributed by atoms with Crippen molar-refractivity contribution in [2.75, 3.05) is 5.32 Å². The number of thiocarbonyl (C=S) groups is 1. The maximum atomic E-state index is 12.3. The van der Waals surface area contributed by atoms with Crippen LogP contribution in [0.25, 0.3) is 11.5 Å². The smallest absolute Gasteiger partial charge is 0.387 e. The number of anilines is 1. The van der Waals surface area contributed by atoms with E-state index in [0.29, 0.717) is 16.3 Å². The topological polar surface area (TPSA) is 45.4 Å². The molecule has 0 aliphatic carbocycles. The lowest BCUT2D eigenvalue weighted by Crippen LogP contribution is -2.38. The van der Waals surface area contributed by atoms with Crippen molar-refractivity contribution in [1.82, 2.24) is 0 Å². The standard InChI is InChI=1S/C19H14F2N2O2S2/c20-19(21)25-14-8-6-13(7-9-14)22-18(26)16(23-10-2-1-3-11-23)17(24)15-5-4-12-27-15/h1-12,19H,(H-,22,24,26)/p+1. The van der Waals surface area contributed by atoms with Gasteiger partial charge in [-0.2, -0.15) is 13.3 Å². The zero-order chi connectivity index (χ0) is 19.2. The number of hydrogen-bond donors (Lipinski definition) is 2. The van der Waals surface area contributed by atoms with Crippen LogP contribution in [0.5, 0.6) is 5.75 Å². The van der Waals surface area contributed by atoms with Crippen LogP contribution < -0.4 is 14.6 Å². The Hall–Kier alpha value is -2.84. The Morgan fingerprint density at radius 2 is 1.78 bits per heavy atom. The van der Waals surface area contributed by atoms with E-state index in [1.54, 1.807) is 35.2 Å². The Morgan fingerprint density at radius 3 is 2.37 bits per heavy atom. The number of hydrogen-bond acceptors (Lipinski definition) is 4. The number of benzene rings is 1. The third kappa shape index (κ3) is 4.87. The average molecular weight is 405 g/mol. The molecule has 2 heterocycles. The molecule has 27 heavy (non-hydrogen) atoms. The monoisotopic (exact) mass is 405 g/mol. The summed E-state index contributed by atoms with van der Waals surface area (Å²) in [5.74, 6) is 0.0902. The Kier molecular flexibility index (Phi) is 6.10. The van der Waals surface area contributed by atoms with Gasteiger partial charge >= 0.3 is 6.61 Å². The molecule has 2 N–H and O–H groups in total. The summed E-state index contributed by atoms with van der Waals surface area (Å²) in [5.41, 5.74) is 0.982. The molecule has 0 saturated carbocycles. The highest BCUT2D eigenvalue weighted by molar-refractivity contribution is 7.81. The van der Waals surface area contributed by atoms with Gasteiger partial charge < -0.3 is 15.2 Å². The second kappa shape index (κ2) is 8.70. The van der Waals surface area contributed by atoms with Crippen molar-refractivity contribution in [2.24, 2.45) is 0 Å². The Bertz CT molecular complexity index is 928. The normalized spacial score (nSPS) is 11.8. The first kappa shape index (κ1) is 18.9. The SMILES string of the molecule is O/C(=C(\C(=S)Nc1ccc(OC(F)F)cc1)[n+]1ccccc1)c1cccs1. The summed E-state index contributed by atoms with van der Waals surface area (Å²) in [6.07, 6.45) is 3.54. The first-order valence-electron chi connectivity index (χ1n) is 7.84. The number of aliphatic hydroxyl groups is 1. The molecule has 0 atom stereocenters. The number of aromatic nitrogens is 1. The second-order valence-electron chi connectivity index (χ2n) is 5.31. The highest BCUT2D eigenvalue weighted by Crippen LogP contribution is 2.23. The molecule has 0 saturated heterocycles. The van der Waals surface area contributed by atoms with Gasteiger partial charge in [-0.3, -0.25) is 0 Å². The van der Waals surface area contributed by atoms with Gasteiger partial charge in [-0.05, 0) is 35.7 Å². The highest BCUT2D eigenvalue weighted by atomic mass is 32.1. The van der Waals surface area contributed by atoms with Crippen molar-refractivity contribution in [3.63, 3.8) is 0 Å². The fraction of sp³-hybridized carbons (Fsp3) is 0.0526. The van der Waals surface area contributed by atoms with Crippen LogP contribution in [-0.4, -0.2) is 16.7 Å². The number of aliphatic hydroxyl groups excluding tert-OH is 1. The summed E-state index contributed by atoms with van der Waals surface area (Å²) in [7, 11) is 0. The summed E-state index contributed by atoms with van der Waals surface area (Å²) in [6.45, 7) is -2.88. The minimum absolute atomic E-state index is 0.0383. The molecule has 8 heteroatoms. The lowest BCUT2D eigenvalue weighted by atomic mass is 10.2. The number of halogens is 2. The van der Waals surface area contributed by atoms with Crippen LogP contribution in [0.15, 0.2) is 72.4 Å². The van der Waals surface area contributed by atoms with Crippen molar-refractivity contribution in [1.29, 1.82) is 0 Å². The van der Waals surface area contributed by atoms with Crippen LogP contribution in [0.2, 0.25) is 0 Å². The molecule has 1 aromatic carbocycles. The zero-order valence-corrected chi connectivity index (χ0v) is 15.5. The number of alkyl halides is 2. The molecule has 2 aromatic heterocycles. The predicted octanol–water partition coefficient (Wildman–Crippen LogP) is 4.96. The van der Waals surface area contributed by atoms with Crippen LogP contribution in [0.3, 0.4) is 0 Å². The molecule has 0 bridgehead atoms. The highest BCUT2D eigenvalue weighted by Gasteiger charge is 2.24. The van der Waals surface area contributed by atoms with Crippen molar-refractivity contribution in [3.05, 3.63) is 77.2 Å². The Balaban J connectivity index is 1.89. The van der Waals surface area contributed by atoms with Gasteiger partial charge in [-0.15, -0.1) is 11.3 Å². The Morgan fingerprint density at radius 1 is 1.07 bits per heavy atom. The number of rotatable bonds is 6. The van der Waals surface area contributed by atoms with Gasteiger partial charge in [0.1, 0.15) is 5.75 Å². The van der Waals surface area contributed by atoms with Gasteiger partial charge in [0, 0.05) is 17.8 Å². The van der Waals surface area contributed by atoms with Gasteiger partial charge in [0.05, 0.1) is 4.88 Å². The van der Waals surface area contributed by atoms with E-state index in [9.17, 15) is 13.9 Å². The molecule has 0 fully saturated rings. The van der Waals surface area contributed by atoms with E-state index in [1.165, 1.54) is 23.5 Å². The number of nitrogens with zero attached hydrogens (tertiary/aromatic N) is 1. The van der Waals surface area contributed by atoms with E-state index >= 15 is 0 Å². The maximum absolute atomic E-state index is 12.3. The molecule has 0 amide bonds. The van der Waals surface area contributed by atoms with Gasteiger partial charge in [0.2, 0.25) is 5.76 Å². The number of nitrogens with one attached hydrogen (secondary N) is 1. The maximum Gasteiger partial charge on any atom is 0.387 e.